The zero-order valence-corrected chi connectivity index (χ0v) is 13.9. The van der Waals surface area contributed by atoms with Crippen LogP contribution in [0.3, 0.4) is 0 Å². The molecule has 0 unspecified atom stereocenters. The number of fused-ring (bicyclic) bond motifs is 1. The van der Waals surface area contributed by atoms with E-state index in [4.69, 9.17) is 4.74 Å². The molecule has 2 heteroatoms. The van der Waals surface area contributed by atoms with Crippen LogP contribution >= 0.6 is 0 Å². The van der Waals surface area contributed by atoms with Gasteiger partial charge in [-0.25, -0.2) is 4.39 Å². The molecule has 0 radical (unpaired) electrons. The topological polar surface area (TPSA) is 9.23 Å². The van der Waals surface area contributed by atoms with Crippen molar-refractivity contribution in [3.8, 4) is 5.75 Å². The van der Waals surface area contributed by atoms with Crippen molar-refractivity contribution in [1.82, 2.24) is 0 Å². The molecule has 1 aliphatic rings. The maximum Gasteiger partial charge on any atom is 0.172 e. The third-order valence-electron chi connectivity index (χ3n) is 5.26. The van der Waals surface area contributed by atoms with E-state index in [0.29, 0.717) is 17.1 Å². The van der Waals surface area contributed by atoms with E-state index in [1.165, 1.54) is 44.8 Å². The Hall–Kier alpha value is -1.83. The molecule has 1 nitrogen and oxygen atoms in total. The summed E-state index contributed by atoms with van der Waals surface area (Å²) < 4.78 is 19.3. The summed E-state index contributed by atoms with van der Waals surface area (Å²) in [5, 5.41) is 1.61. The summed E-state index contributed by atoms with van der Waals surface area (Å²) >= 11 is 0. The van der Waals surface area contributed by atoms with E-state index >= 15 is 0 Å². The second-order valence-corrected chi connectivity index (χ2v) is 6.65. The molecule has 0 saturated heterocycles. The Labute approximate surface area is 138 Å². The summed E-state index contributed by atoms with van der Waals surface area (Å²) in [5.41, 5.74) is 1.35. The Kier molecular flexibility index (Phi) is 5.00. The standard InChI is InChI=1S/C21H25FO/c1-3-4-5-15-6-8-16(9-7-15)17-10-12-19-18(14-17)11-13-20(23-2)21(19)22/h3,10-16H,1,4-9H2,2H3. The number of hydrogen-bond acceptors (Lipinski definition) is 1. The molecule has 0 amide bonds. The Balaban J connectivity index is 1.75. The van der Waals surface area contributed by atoms with E-state index in [-0.39, 0.29) is 5.82 Å². The number of methoxy groups -OCH3 is 1. The fraction of sp³-hybridized carbons (Fsp3) is 0.429. The monoisotopic (exact) mass is 312 g/mol. The van der Waals surface area contributed by atoms with Crippen LogP contribution in [0.4, 0.5) is 4.39 Å². The van der Waals surface area contributed by atoms with Gasteiger partial charge in [0.05, 0.1) is 7.11 Å². The summed E-state index contributed by atoms with van der Waals surface area (Å²) in [6.45, 7) is 3.82. The minimum atomic E-state index is -0.260. The highest BCUT2D eigenvalue weighted by molar-refractivity contribution is 5.85. The van der Waals surface area contributed by atoms with E-state index in [9.17, 15) is 4.39 Å². The van der Waals surface area contributed by atoms with Gasteiger partial charge in [-0.3, -0.25) is 0 Å². The molecule has 1 saturated carbocycles. The van der Waals surface area contributed by atoms with E-state index in [1.54, 1.807) is 6.07 Å². The molecule has 2 aromatic rings. The Morgan fingerprint density at radius 3 is 2.65 bits per heavy atom. The van der Waals surface area contributed by atoms with E-state index in [0.717, 1.165) is 17.7 Å². The first-order chi connectivity index (χ1) is 11.2. The van der Waals surface area contributed by atoms with Crippen LogP contribution in [-0.2, 0) is 0 Å². The normalized spacial score (nSPS) is 21.3. The summed E-state index contributed by atoms with van der Waals surface area (Å²) in [7, 11) is 1.50. The molecule has 0 aliphatic heterocycles. The number of rotatable bonds is 5. The van der Waals surface area contributed by atoms with Crippen LogP contribution in [0.1, 0.15) is 50.0 Å². The predicted octanol–water partition coefficient (Wildman–Crippen LogP) is 6.23. The lowest BCUT2D eigenvalue weighted by atomic mass is 9.77. The number of halogens is 1. The Morgan fingerprint density at radius 1 is 1.17 bits per heavy atom. The third kappa shape index (κ3) is 3.41. The van der Waals surface area contributed by atoms with E-state index in [1.807, 2.05) is 18.2 Å². The maximum atomic E-state index is 14.3. The van der Waals surface area contributed by atoms with E-state index < -0.39 is 0 Å². The summed E-state index contributed by atoms with van der Waals surface area (Å²) in [5.74, 6) is 1.52. The van der Waals surface area contributed by atoms with Gasteiger partial charge in [0.2, 0.25) is 0 Å². The van der Waals surface area contributed by atoms with Crippen LogP contribution in [0.5, 0.6) is 5.75 Å². The minimum Gasteiger partial charge on any atom is -0.494 e. The van der Waals surface area contributed by atoms with Crippen molar-refractivity contribution in [1.29, 1.82) is 0 Å². The van der Waals surface area contributed by atoms with Crippen LogP contribution in [0.15, 0.2) is 43.0 Å². The molecule has 0 aromatic heterocycles. The summed E-state index contributed by atoms with van der Waals surface area (Å²) in [4.78, 5) is 0. The van der Waals surface area contributed by atoms with Crippen molar-refractivity contribution in [3.05, 3.63) is 54.4 Å². The average Bonchev–Trinajstić information content (AvgIpc) is 2.60. The van der Waals surface area contributed by atoms with Crippen LogP contribution in [0.2, 0.25) is 0 Å². The Bertz CT molecular complexity index is 684. The number of benzene rings is 2. The van der Waals surface area contributed by atoms with Crippen LogP contribution in [-0.4, -0.2) is 7.11 Å². The lowest BCUT2D eigenvalue weighted by Gasteiger charge is -2.28. The fourth-order valence-corrected chi connectivity index (χ4v) is 3.84. The average molecular weight is 312 g/mol. The molecule has 0 N–H and O–H groups in total. The highest BCUT2D eigenvalue weighted by atomic mass is 19.1. The second-order valence-electron chi connectivity index (χ2n) is 6.65. The second kappa shape index (κ2) is 7.16. The molecule has 0 heterocycles. The first-order valence-corrected chi connectivity index (χ1v) is 8.60. The molecular formula is C21H25FO. The van der Waals surface area contributed by atoms with Crippen LogP contribution in [0, 0.1) is 11.7 Å². The molecule has 3 rings (SSSR count). The molecule has 2 aromatic carbocycles. The van der Waals surface area contributed by atoms with Gasteiger partial charge in [0, 0.05) is 5.39 Å². The van der Waals surface area contributed by atoms with Gasteiger partial charge in [-0.05, 0) is 67.4 Å². The number of allylic oxidation sites excluding steroid dienone is 1. The molecule has 0 bridgehead atoms. The first-order valence-electron chi connectivity index (χ1n) is 8.60. The van der Waals surface area contributed by atoms with Gasteiger partial charge in [0.15, 0.2) is 11.6 Å². The fourth-order valence-electron chi connectivity index (χ4n) is 3.84. The molecule has 0 spiro atoms. The molecule has 1 fully saturated rings. The molecule has 23 heavy (non-hydrogen) atoms. The largest absolute Gasteiger partial charge is 0.494 e. The zero-order chi connectivity index (χ0) is 16.2. The third-order valence-corrected chi connectivity index (χ3v) is 5.26. The van der Waals surface area contributed by atoms with Gasteiger partial charge in [0.1, 0.15) is 0 Å². The quantitative estimate of drug-likeness (QED) is 0.595. The van der Waals surface area contributed by atoms with Gasteiger partial charge in [-0.2, -0.15) is 0 Å². The van der Waals surface area contributed by atoms with Gasteiger partial charge >= 0.3 is 0 Å². The molecule has 1 aliphatic carbocycles. The number of hydrogen-bond donors (Lipinski definition) is 0. The molecule has 122 valence electrons. The van der Waals surface area contributed by atoms with Crippen molar-refractivity contribution in [2.24, 2.45) is 5.92 Å². The zero-order valence-electron chi connectivity index (χ0n) is 13.9. The van der Waals surface area contributed by atoms with Crippen molar-refractivity contribution in [3.63, 3.8) is 0 Å². The predicted molar refractivity (Wildman–Crippen MR) is 94.6 cm³/mol. The van der Waals surface area contributed by atoms with Crippen molar-refractivity contribution in [2.75, 3.05) is 7.11 Å². The Morgan fingerprint density at radius 2 is 1.96 bits per heavy atom. The molecular weight excluding hydrogens is 287 g/mol. The van der Waals surface area contributed by atoms with Gasteiger partial charge in [-0.15, -0.1) is 6.58 Å². The van der Waals surface area contributed by atoms with Crippen molar-refractivity contribution in [2.45, 2.75) is 44.4 Å². The first kappa shape index (κ1) is 16.0. The maximum absolute atomic E-state index is 14.3. The van der Waals surface area contributed by atoms with Gasteiger partial charge < -0.3 is 4.74 Å². The lowest BCUT2D eigenvalue weighted by molar-refractivity contribution is 0.312. The van der Waals surface area contributed by atoms with Gasteiger partial charge in [-0.1, -0.05) is 30.3 Å². The highest BCUT2D eigenvalue weighted by Crippen LogP contribution is 2.39. The summed E-state index contributed by atoms with van der Waals surface area (Å²) in [6, 6.07) is 9.84. The van der Waals surface area contributed by atoms with Crippen molar-refractivity contribution >= 4 is 10.8 Å². The summed E-state index contributed by atoms with van der Waals surface area (Å²) in [6.07, 6.45) is 9.52. The number of ether oxygens (including phenoxy) is 1. The lowest BCUT2D eigenvalue weighted by Crippen LogP contribution is -2.13. The molecule has 0 atom stereocenters. The SMILES string of the molecule is C=CCCC1CCC(c2ccc3c(F)c(OC)ccc3c2)CC1. The van der Waals surface area contributed by atoms with Crippen molar-refractivity contribution < 1.29 is 9.13 Å². The smallest absolute Gasteiger partial charge is 0.172 e. The van der Waals surface area contributed by atoms with Crippen LogP contribution in [0.25, 0.3) is 10.8 Å². The van der Waals surface area contributed by atoms with Crippen LogP contribution < -0.4 is 4.74 Å². The highest BCUT2D eigenvalue weighted by Gasteiger charge is 2.22. The van der Waals surface area contributed by atoms with Gasteiger partial charge in [0.25, 0.3) is 0 Å². The van der Waals surface area contributed by atoms with E-state index in [2.05, 4.69) is 18.7 Å². The minimum absolute atomic E-state index is 0.260.